The average Bonchev–Trinajstić information content (AvgIpc) is 2.45. The summed E-state index contributed by atoms with van der Waals surface area (Å²) in [5.74, 6) is 1.60. The molecule has 122 valence electrons. The van der Waals surface area contributed by atoms with Crippen LogP contribution in [-0.2, 0) is 4.74 Å². The van der Waals surface area contributed by atoms with Gasteiger partial charge in [-0.1, -0.05) is 0 Å². The Morgan fingerprint density at radius 2 is 1.64 bits per heavy atom. The summed E-state index contributed by atoms with van der Waals surface area (Å²) in [7, 11) is 4.59. The third-order valence-electron chi connectivity index (χ3n) is 2.50. The summed E-state index contributed by atoms with van der Waals surface area (Å²) in [6, 6.07) is 3.38. The van der Waals surface area contributed by atoms with Crippen molar-refractivity contribution < 1.29 is 23.7 Å². The molecule has 0 aliphatic rings. The van der Waals surface area contributed by atoms with Crippen molar-refractivity contribution in [1.82, 2.24) is 5.43 Å². The molecule has 0 unspecified atom stereocenters. The summed E-state index contributed by atoms with van der Waals surface area (Å²) in [5.41, 5.74) is 2.27. The van der Waals surface area contributed by atoms with Crippen molar-refractivity contribution in [3.05, 3.63) is 17.7 Å². The van der Waals surface area contributed by atoms with Crippen LogP contribution in [0.2, 0.25) is 0 Å². The third-order valence-corrected chi connectivity index (χ3v) is 2.50. The molecule has 0 aromatic heterocycles. The summed E-state index contributed by atoms with van der Waals surface area (Å²) in [4.78, 5) is 11.5. The number of methoxy groups -OCH3 is 3. The molecule has 0 radical (unpaired) electrons. The normalized spacial score (nSPS) is 11.2. The number of rotatable bonds is 5. The van der Waals surface area contributed by atoms with E-state index in [-0.39, 0.29) is 0 Å². The summed E-state index contributed by atoms with van der Waals surface area (Å²) in [6.07, 6.45) is 0.774. The third kappa shape index (κ3) is 5.16. The number of amides is 1. The highest BCUT2D eigenvalue weighted by atomic mass is 16.6. The van der Waals surface area contributed by atoms with Crippen LogP contribution >= 0.6 is 0 Å². The second-order valence-corrected chi connectivity index (χ2v) is 5.32. The van der Waals surface area contributed by atoms with Crippen LogP contribution in [0.15, 0.2) is 17.2 Å². The van der Waals surface area contributed by atoms with Crippen LogP contribution in [0.1, 0.15) is 26.3 Å². The molecule has 0 aliphatic heterocycles. The van der Waals surface area contributed by atoms with Gasteiger partial charge in [0.15, 0.2) is 0 Å². The minimum Gasteiger partial charge on any atom is -0.496 e. The largest absolute Gasteiger partial charge is 0.496 e. The molecule has 0 saturated carbocycles. The molecule has 1 aromatic rings. The number of hydrazone groups is 1. The Morgan fingerprint density at radius 1 is 1.09 bits per heavy atom. The van der Waals surface area contributed by atoms with E-state index in [0.29, 0.717) is 22.8 Å². The fraction of sp³-hybridized carbons (Fsp3) is 0.467. The topological polar surface area (TPSA) is 78.4 Å². The van der Waals surface area contributed by atoms with Crippen molar-refractivity contribution in [3.63, 3.8) is 0 Å². The number of carbonyl (C=O) groups excluding carboxylic acids is 1. The quantitative estimate of drug-likeness (QED) is 0.668. The van der Waals surface area contributed by atoms with E-state index in [1.54, 1.807) is 40.0 Å². The Bertz CT molecular complexity index is 524. The molecular formula is C15H22N2O5. The van der Waals surface area contributed by atoms with E-state index in [1.807, 2.05) is 0 Å². The first kappa shape index (κ1) is 17.6. The van der Waals surface area contributed by atoms with Crippen LogP contribution in [0.5, 0.6) is 17.2 Å². The number of hydrogen-bond donors (Lipinski definition) is 1. The first-order chi connectivity index (χ1) is 10.3. The summed E-state index contributed by atoms with van der Waals surface area (Å²) < 4.78 is 20.8. The van der Waals surface area contributed by atoms with Crippen LogP contribution in [0.25, 0.3) is 0 Å². The van der Waals surface area contributed by atoms with Crippen molar-refractivity contribution in [2.45, 2.75) is 26.4 Å². The molecule has 7 nitrogen and oxygen atoms in total. The van der Waals surface area contributed by atoms with E-state index in [0.717, 1.165) is 0 Å². The Labute approximate surface area is 130 Å². The zero-order valence-corrected chi connectivity index (χ0v) is 13.7. The van der Waals surface area contributed by atoms with Crippen LogP contribution in [-0.4, -0.2) is 39.2 Å². The van der Waals surface area contributed by atoms with Gasteiger partial charge >= 0.3 is 6.09 Å². The minimum absolute atomic E-state index is 0.505. The summed E-state index contributed by atoms with van der Waals surface area (Å²) >= 11 is 0. The van der Waals surface area contributed by atoms with Crippen molar-refractivity contribution >= 4 is 12.3 Å². The SMILES string of the molecule is COc1cc(OC)c(/C=N\NC(=O)OC(C)(C)C)c(OC)c1. The maximum absolute atomic E-state index is 11.5. The fourth-order valence-electron chi connectivity index (χ4n) is 1.61. The standard InChI is InChI=1S/C15H22N2O5/c1-15(2,3)22-14(18)17-16-9-11-12(20-5)7-10(19-4)8-13(11)21-6/h7-9H,1-6H3,(H,17,18)/b16-9-. The Hall–Kier alpha value is -2.44. The number of nitrogens with one attached hydrogen (secondary N) is 1. The molecule has 0 saturated heterocycles. The maximum Gasteiger partial charge on any atom is 0.428 e. The molecule has 22 heavy (non-hydrogen) atoms. The van der Waals surface area contributed by atoms with E-state index in [1.165, 1.54) is 20.4 Å². The van der Waals surface area contributed by atoms with Gasteiger partial charge in [0, 0.05) is 12.1 Å². The molecule has 0 aliphatic carbocycles. The molecule has 7 heteroatoms. The van der Waals surface area contributed by atoms with Gasteiger partial charge in [-0.25, -0.2) is 10.2 Å². The molecule has 0 bridgehead atoms. The lowest BCUT2D eigenvalue weighted by molar-refractivity contribution is 0.0529. The Kier molecular flexibility index (Phi) is 6.03. The molecule has 1 aromatic carbocycles. The number of benzene rings is 1. The van der Waals surface area contributed by atoms with Gasteiger partial charge in [0.1, 0.15) is 22.8 Å². The summed E-state index contributed by atoms with van der Waals surface area (Å²) in [6.45, 7) is 5.31. The van der Waals surface area contributed by atoms with Gasteiger partial charge in [-0.15, -0.1) is 0 Å². The van der Waals surface area contributed by atoms with Gasteiger partial charge in [0.05, 0.1) is 33.1 Å². The molecule has 0 fully saturated rings. The van der Waals surface area contributed by atoms with Crippen molar-refractivity contribution in [2.24, 2.45) is 5.10 Å². The fourth-order valence-corrected chi connectivity index (χ4v) is 1.61. The van der Waals surface area contributed by atoms with E-state index in [4.69, 9.17) is 18.9 Å². The molecule has 0 atom stereocenters. The number of carbonyl (C=O) groups is 1. The van der Waals surface area contributed by atoms with Gasteiger partial charge in [-0.05, 0) is 20.8 Å². The van der Waals surface area contributed by atoms with Gasteiger partial charge in [0.25, 0.3) is 0 Å². The van der Waals surface area contributed by atoms with Crippen molar-refractivity contribution in [3.8, 4) is 17.2 Å². The van der Waals surface area contributed by atoms with Crippen molar-refractivity contribution in [2.75, 3.05) is 21.3 Å². The smallest absolute Gasteiger partial charge is 0.428 e. The predicted molar refractivity (Wildman–Crippen MR) is 83.1 cm³/mol. The van der Waals surface area contributed by atoms with Crippen LogP contribution in [0.4, 0.5) is 4.79 Å². The van der Waals surface area contributed by atoms with Gasteiger partial charge in [-0.2, -0.15) is 5.10 Å². The zero-order valence-electron chi connectivity index (χ0n) is 13.7. The lowest BCUT2D eigenvalue weighted by atomic mass is 10.2. The highest BCUT2D eigenvalue weighted by molar-refractivity contribution is 5.88. The lowest BCUT2D eigenvalue weighted by Crippen LogP contribution is -2.29. The lowest BCUT2D eigenvalue weighted by Gasteiger charge is -2.18. The van der Waals surface area contributed by atoms with E-state index < -0.39 is 11.7 Å². The Balaban J connectivity index is 2.92. The number of ether oxygens (including phenoxy) is 4. The van der Waals surface area contributed by atoms with Crippen LogP contribution < -0.4 is 19.6 Å². The van der Waals surface area contributed by atoms with E-state index >= 15 is 0 Å². The number of hydrogen-bond acceptors (Lipinski definition) is 6. The zero-order chi connectivity index (χ0) is 16.8. The second-order valence-electron chi connectivity index (χ2n) is 5.32. The monoisotopic (exact) mass is 310 g/mol. The van der Waals surface area contributed by atoms with Crippen LogP contribution in [0, 0.1) is 0 Å². The molecule has 1 N–H and O–H groups in total. The van der Waals surface area contributed by atoms with Crippen molar-refractivity contribution in [1.29, 1.82) is 0 Å². The average molecular weight is 310 g/mol. The van der Waals surface area contributed by atoms with E-state index in [2.05, 4.69) is 10.5 Å². The highest BCUT2D eigenvalue weighted by Crippen LogP contribution is 2.32. The molecule has 1 rings (SSSR count). The molecule has 1 amide bonds. The van der Waals surface area contributed by atoms with Gasteiger partial charge in [-0.3, -0.25) is 0 Å². The molecule has 0 spiro atoms. The minimum atomic E-state index is -0.643. The molecular weight excluding hydrogens is 288 g/mol. The van der Waals surface area contributed by atoms with Gasteiger partial charge < -0.3 is 18.9 Å². The Morgan fingerprint density at radius 3 is 2.05 bits per heavy atom. The van der Waals surface area contributed by atoms with Gasteiger partial charge in [0.2, 0.25) is 0 Å². The number of nitrogens with zero attached hydrogens (tertiary/aromatic N) is 1. The van der Waals surface area contributed by atoms with E-state index in [9.17, 15) is 4.79 Å². The predicted octanol–water partition coefficient (Wildman–Crippen LogP) is 2.57. The highest BCUT2D eigenvalue weighted by Gasteiger charge is 2.16. The molecule has 0 heterocycles. The first-order valence-corrected chi connectivity index (χ1v) is 6.62. The first-order valence-electron chi connectivity index (χ1n) is 6.62. The maximum atomic E-state index is 11.5. The van der Waals surface area contributed by atoms with Crippen LogP contribution in [0.3, 0.4) is 0 Å². The summed E-state index contributed by atoms with van der Waals surface area (Å²) in [5, 5.41) is 3.85. The second kappa shape index (κ2) is 7.53.